The number of rotatable bonds is 2. The molecule has 2 aliphatic rings. The second kappa shape index (κ2) is 6.18. The Hall–Kier alpha value is -2.35. The quantitative estimate of drug-likeness (QED) is 0.873. The van der Waals surface area contributed by atoms with Gasteiger partial charge in [0.2, 0.25) is 16.7 Å². The number of fused-ring (bicyclic) bond motifs is 2. The van der Waals surface area contributed by atoms with Crippen LogP contribution in [0.3, 0.4) is 0 Å². The van der Waals surface area contributed by atoms with Crippen molar-refractivity contribution >= 4 is 40.3 Å². The minimum atomic E-state index is -1.29. The number of anilines is 1. The van der Waals surface area contributed by atoms with Crippen LogP contribution in [0.15, 0.2) is 23.3 Å². The van der Waals surface area contributed by atoms with E-state index in [-0.39, 0.29) is 22.9 Å². The topological polar surface area (TPSA) is 82.1 Å². The van der Waals surface area contributed by atoms with E-state index in [4.69, 9.17) is 0 Å². The summed E-state index contributed by atoms with van der Waals surface area (Å²) in [5, 5.41) is 8.27. The molecule has 7 nitrogen and oxygen atoms in total. The molecule has 8 heteroatoms. The van der Waals surface area contributed by atoms with Crippen LogP contribution in [0.1, 0.15) is 38.3 Å². The minimum absolute atomic E-state index is 0.206. The summed E-state index contributed by atoms with van der Waals surface area (Å²) in [4.78, 5) is 37.5. The average molecular weight is 360 g/mol. The molecule has 1 unspecified atom stereocenters. The first-order valence-electron chi connectivity index (χ1n) is 8.11. The van der Waals surface area contributed by atoms with Crippen molar-refractivity contribution in [3.05, 3.63) is 29.3 Å². The molecular weight excluding hydrogens is 340 g/mol. The second-order valence-corrected chi connectivity index (χ2v) is 7.27. The molecule has 2 heterocycles. The standard InChI is InChI=1S/C17H20N4O3S/c1-5-9-20-14-10(2)7-6-8-13(14)17(15(20)24)21(12(4)23)19-16(25-17)18-11(3)22/h6-8H,5,9H2,1-4H3,(H,18,19,22). The number of hydrogen-bond acceptors (Lipinski definition) is 5. The summed E-state index contributed by atoms with van der Waals surface area (Å²) in [5.74, 6) is -0.859. The molecule has 132 valence electrons. The van der Waals surface area contributed by atoms with Gasteiger partial charge in [0.15, 0.2) is 5.17 Å². The third-order valence-corrected chi connectivity index (χ3v) is 5.41. The highest BCUT2D eigenvalue weighted by Gasteiger charge is 2.61. The summed E-state index contributed by atoms with van der Waals surface area (Å²) < 4.78 is 0. The number of aryl methyl sites for hydroxylation is 1. The Morgan fingerprint density at radius 2 is 2.04 bits per heavy atom. The molecule has 1 spiro atoms. The van der Waals surface area contributed by atoms with Crippen molar-refractivity contribution in [2.24, 2.45) is 5.10 Å². The Morgan fingerprint density at radius 1 is 1.32 bits per heavy atom. The van der Waals surface area contributed by atoms with Gasteiger partial charge in [-0.2, -0.15) is 5.01 Å². The highest BCUT2D eigenvalue weighted by atomic mass is 32.2. The fourth-order valence-corrected chi connectivity index (χ4v) is 4.61. The van der Waals surface area contributed by atoms with E-state index in [9.17, 15) is 14.4 Å². The molecule has 2 aliphatic heterocycles. The molecule has 1 aromatic carbocycles. The molecule has 0 bridgehead atoms. The molecule has 1 N–H and O–H groups in total. The highest BCUT2D eigenvalue weighted by Crippen LogP contribution is 2.55. The lowest BCUT2D eigenvalue weighted by Crippen LogP contribution is -2.48. The van der Waals surface area contributed by atoms with Crippen LogP contribution in [0.4, 0.5) is 5.69 Å². The van der Waals surface area contributed by atoms with Crippen LogP contribution >= 0.6 is 11.8 Å². The lowest BCUT2D eigenvalue weighted by molar-refractivity contribution is -0.139. The maximum absolute atomic E-state index is 13.4. The molecular formula is C17H20N4O3S. The summed E-state index contributed by atoms with van der Waals surface area (Å²) in [7, 11) is 0. The number of carbonyl (C=O) groups is 3. The predicted octanol–water partition coefficient (Wildman–Crippen LogP) is 1.91. The van der Waals surface area contributed by atoms with E-state index in [2.05, 4.69) is 10.4 Å². The minimum Gasteiger partial charge on any atom is -0.309 e. The Balaban J connectivity index is 2.18. The first-order chi connectivity index (χ1) is 11.8. The molecule has 25 heavy (non-hydrogen) atoms. The van der Waals surface area contributed by atoms with Crippen molar-refractivity contribution in [3.63, 3.8) is 0 Å². The van der Waals surface area contributed by atoms with E-state index in [0.717, 1.165) is 35.0 Å². The van der Waals surface area contributed by atoms with Gasteiger partial charge in [-0.1, -0.05) is 25.1 Å². The zero-order valence-corrected chi connectivity index (χ0v) is 15.4. The first kappa shape index (κ1) is 17.5. The van der Waals surface area contributed by atoms with Gasteiger partial charge in [-0.3, -0.25) is 14.4 Å². The van der Waals surface area contributed by atoms with Crippen LogP contribution in [0, 0.1) is 6.92 Å². The summed E-state index contributed by atoms with van der Waals surface area (Å²) in [6, 6.07) is 5.67. The number of para-hydroxylation sites is 1. The fourth-order valence-electron chi connectivity index (χ4n) is 3.29. The van der Waals surface area contributed by atoms with Crippen molar-refractivity contribution in [1.29, 1.82) is 0 Å². The lowest BCUT2D eigenvalue weighted by atomic mass is 10.0. The molecule has 0 aromatic heterocycles. The summed E-state index contributed by atoms with van der Waals surface area (Å²) in [6.07, 6.45) is 0.791. The Labute approximate surface area is 150 Å². The van der Waals surface area contributed by atoms with Crippen molar-refractivity contribution < 1.29 is 14.4 Å². The van der Waals surface area contributed by atoms with Crippen LogP contribution in [0.5, 0.6) is 0 Å². The molecule has 1 aromatic rings. The molecule has 1 atom stereocenters. The molecule has 0 saturated carbocycles. The average Bonchev–Trinajstić information content (AvgIpc) is 3.01. The molecule has 0 saturated heterocycles. The van der Waals surface area contributed by atoms with E-state index < -0.39 is 4.87 Å². The van der Waals surface area contributed by atoms with E-state index in [1.165, 1.54) is 18.9 Å². The van der Waals surface area contributed by atoms with E-state index in [0.29, 0.717) is 6.54 Å². The number of nitrogens with zero attached hydrogens (tertiary/aromatic N) is 3. The van der Waals surface area contributed by atoms with Crippen LogP contribution in [0.2, 0.25) is 0 Å². The number of hydrogen-bond donors (Lipinski definition) is 1. The molecule has 0 fully saturated rings. The lowest BCUT2D eigenvalue weighted by Gasteiger charge is -2.29. The van der Waals surface area contributed by atoms with Crippen LogP contribution < -0.4 is 10.2 Å². The normalized spacial score (nSPS) is 21.6. The molecule has 3 rings (SSSR count). The van der Waals surface area contributed by atoms with Gasteiger partial charge >= 0.3 is 0 Å². The first-order valence-corrected chi connectivity index (χ1v) is 8.92. The van der Waals surface area contributed by atoms with Crippen LogP contribution in [-0.4, -0.2) is 34.4 Å². The van der Waals surface area contributed by atoms with Gasteiger partial charge < -0.3 is 10.2 Å². The fraction of sp³-hybridized carbons (Fsp3) is 0.412. The summed E-state index contributed by atoms with van der Waals surface area (Å²) in [5.41, 5.74) is 2.52. The molecule has 0 aliphatic carbocycles. The molecule has 3 amide bonds. The zero-order chi connectivity index (χ0) is 18.4. The Bertz CT molecular complexity index is 807. The predicted molar refractivity (Wildman–Crippen MR) is 96.9 cm³/mol. The second-order valence-electron chi connectivity index (χ2n) is 6.09. The highest BCUT2D eigenvalue weighted by molar-refractivity contribution is 8.15. The third-order valence-electron chi connectivity index (χ3n) is 4.17. The van der Waals surface area contributed by atoms with Crippen molar-refractivity contribution in [2.45, 2.75) is 39.0 Å². The monoisotopic (exact) mass is 360 g/mol. The van der Waals surface area contributed by atoms with Gasteiger partial charge in [0, 0.05) is 26.0 Å². The number of benzene rings is 1. The number of hydrazone groups is 1. The largest absolute Gasteiger partial charge is 0.309 e. The summed E-state index contributed by atoms with van der Waals surface area (Å²) in [6.45, 7) is 7.24. The maximum Gasteiger partial charge on any atom is 0.270 e. The van der Waals surface area contributed by atoms with Crippen molar-refractivity contribution in [2.75, 3.05) is 11.4 Å². The van der Waals surface area contributed by atoms with Crippen molar-refractivity contribution in [3.8, 4) is 0 Å². The van der Waals surface area contributed by atoms with Crippen LogP contribution in [-0.2, 0) is 19.3 Å². The number of carbonyl (C=O) groups excluding carboxylic acids is 3. The zero-order valence-electron chi connectivity index (χ0n) is 14.6. The molecule has 0 radical (unpaired) electrons. The van der Waals surface area contributed by atoms with Crippen LogP contribution in [0.25, 0.3) is 0 Å². The number of nitrogens with one attached hydrogen (secondary N) is 1. The van der Waals surface area contributed by atoms with Crippen molar-refractivity contribution in [1.82, 2.24) is 10.3 Å². The van der Waals surface area contributed by atoms with Gasteiger partial charge in [-0.05, 0) is 30.7 Å². The van der Waals surface area contributed by atoms with E-state index >= 15 is 0 Å². The van der Waals surface area contributed by atoms with E-state index in [1.807, 2.05) is 32.0 Å². The van der Waals surface area contributed by atoms with Gasteiger partial charge in [-0.15, -0.1) is 5.10 Å². The number of amidine groups is 1. The van der Waals surface area contributed by atoms with Gasteiger partial charge in [-0.25, -0.2) is 0 Å². The van der Waals surface area contributed by atoms with E-state index in [1.54, 1.807) is 4.90 Å². The smallest absolute Gasteiger partial charge is 0.270 e. The summed E-state index contributed by atoms with van der Waals surface area (Å²) >= 11 is 1.11. The number of thioether (sulfide) groups is 1. The Morgan fingerprint density at radius 3 is 2.64 bits per heavy atom. The number of amides is 3. The van der Waals surface area contributed by atoms with Gasteiger partial charge in [0.25, 0.3) is 5.91 Å². The van der Waals surface area contributed by atoms with Gasteiger partial charge in [0.1, 0.15) is 0 Å². The SMILES string of the molecule is CCCN1C(=O)C2(SC(NC(C)=O)=NN2C(C)=O)c2cccc(C)c21. The third kappa shape index (κ3) is 2.52. The Kier molecular flexibility index (Phi) is 4.32. The maximum atomic E-state index is 13.4. The van der Waals surface area contributed by atoms with Gasteiger partial charge in [0.05, 0.1) is 5.69 Å².